The van der Waals surface area contributed by atoms with E-state index in [1.54, 1.807) is 39.7 Å². The van der Waals surface area contributed by atoms with Gasteiger partial charge in [-0.2, -0.15) is 0 Å². The standard InChI is InChI=1S/C21H34N2O5/c1-14(2)18(13-24)23(12-16-8-10-17(27-7)11-9-16)19(25)15(3)22-20(26)28-21(4,5)6/h8-11,14-15,18,24H,12-13H2,1-7H3,(H,22,26)/t15-,18+/m0/s1. The van der Waals surface area contributed by atoms with E-state index in [4.69, 9.17) is 9.47 Å². The average Bonchev–Trinajstić information content (AvgIpc) is 2.59. The minimum absolute atomic E-state index is 0.0425. The van der Waals surface area contributed by atoms with Crippen molar-refractivity contribution in [3.05, 3.63) is 29.8 Å². The van der Waals surface area contributed by atoms with Crippen LogP contribution in [0, 0.1) is 5.92 Å². The van der Waals surface area contributed by atoms with Crippen molar-refractivity contribution in [2.24, 2.45) is 5.92 Å². The van der Waals surface area contributed by atoms with E-state index < -0.39 is 17.7 Å². The highest BCUT2D eigenvalue weighted by Gasteiger charge is 2.30. The average molecular weight is 395 g/mol. The highest BCUT2D eigenvalue weighted by molar-refractivity contribution is 5.85. The fourth-order valence-electron chi connectivity index (χ4n) is 2.75. The van der Waals surface area contributed by atoms with E-state index in [0.717, 1.165) is 11.3 Å². The van der Waals surface area contributed by atoms with Crippen LogP contribution >= 0.6 is 0 Å². The van der Waals surface area contributed by atoms with E-state index in [9.17, 15) is 14.7 Å². The minimum atomic E-state index is -0.791. The van der Waals surface area contributed by atoms with E-state index >= 15 is 0 Å². The van der Waals surface area contributed by atoms with Crippen molar-refractivity contribution in [1.82, 2.24) is 10.2 Å². The lowest BCUT2D eigenvalue weighted by Crippen LogP contribution is -2.53. The van der Waals surface area contributed by atoms with Gasteiger partial charge in [0.1, 0.15) is 17.4 Å². The van der Waals surface area contributed by atoms with Crippen LogP contribution in [0.1, 0.15) is 47.1 Å². The molecule has 0 aliphatic heterocycles. The van der Waals surface area contributed by atoms with Crippen molar-refractivity contribution in [3.63, 3.8) is 0 Å². The number of nitrogens with one attached hydrogen (secondary N) is 1. The summed E-state index contributed by atoms with van der Waals surface area (Å²) < 4.78 is 10.4. The fourth-order valence-corrected chi connectivity index (χ4v) is 2.75. The maximum absolute atomic E-state index is 13.1. The van der Waals surface area contributed by atoms with Crippen molar-refractivity contribution in [2.75, 3.05) is 13.7 Å². The first-order valence-corrected chi connectivity index (χ1v) is 9.52. The van der Waals surface area contributed by atoms with Gasteiger partial charge in [-0.05, 0) is 51.3 Å². The largest absolute Gasteiger partial charge is 0.497 e. The maximum Gasteiger partial charge on any atom is 0.408 e. The molecule has 0 unspecified atom stereocenters. The van der Waals surface area contributed by atoms with Crippen LogP contribution in [0.3, 0.4) is 0 Å². The summed E-state index contributed by atoms with van der Waals surface area (Å²) in [6, 6.07) is 6.23. The van der Waals surface area contributed by atoms with Crippen LogP contribution < -0.4 is 10.1 Å². The number of rotatable bonds is 8. The number of aliphatic hydroxyl groups is 1. The Balaban J connectivity index is 2.99. The molecule has 28 heavy (non-hydrogen) atoms. The molecule has 1 rings (SSSR count). The Morgan fingerprint density at radius 3 is 2.14 bits per heavy atom. The van der Waals surface area contributed by atoms with Gasteiger partial charge in [-0.15, -0.1) is 0 Å². The number of methoxy groups -OCH3 is 1. The summed E-state index contributed by atoms with van der Waals surface area (Å²) in [6.07, 6.45) is -0.650. The van der Waals surface area contributed by atoms with Crippen LogP contribution in [0.2, 0.25) is 0 Å². The number of hydrogen-bond donors (Lipinski definition) is 2. The van der Waals surface area contributed by atoms with Gasteiger partial charge >= 0.3 is 6.09 Å². The number of alkyl carbamates (subject to hydrolysis) is 1. The summed E-state index contributed by atoms with van der Waals surface area (Å²) >= 11 is 0. The predicted octanol–water partition coefficient (Wildman–Crippen LogP) is 2.95. The van der Waals surface area contributed by atoms with Crippen LogP contribution in [-0.4, -0.2) is 53.4 Å². The van der Waals surface area contributed by atoms with E-state index in [2.05, 4.69) is 5.32 Å². The zero-order valence-electron chi connectivity index (χ0n) is 18.0. The second kappa shape index (κ2) is 10.3. The molecule has 1 aromatic carbocycles. The number of nitrogens with zero attached hydrogens (tertiary/aromatic N) is 1. The van der Waals surface area contributed by atoms with Crippen molar-refractivity contribution in [1.29, 1.82) is 0 Å². The molecule has 2 atom stereocenters. The molecule has 0 heterocycles. The molecule has 1 aromatic rings. The topological polar surface area (TPSA) is 88.1 Å². The number of carbonyl (C=O) groups excluding carboxylic acids is 2. The third kappa shape index (κ3) is 7.38. The molecule has 0 aromatic heterocycles. The Kier molecular flexibility index (Phi) is 8.75. The van der Waals surface area contributed by atoms with Crippen LogP contribution in [-0.2, 0) is 16.1 Å². The Bertz CT molecular complexity index is 637. The quantitative estimate of drug-likeness (QED) is 0.708. The molecule has 0 saturated carbocycles. The van der Waals surface area contributed by atoms with Gasteiger partial charge in [-0.3, -0.25) is 4.79 Å². The molecule has 0 fully saturated rings. The van der Waals surface area contributed by atoms with Crippen LogP contribution in [0.15, 0.2) is 24.3 Å². The number of carbonyl (C=O) groups is 2. The van der Waals surface area contributed by atoms with Gasteiger partial charge in [0, 0.05) is 6.54 Å². The van der Waals surface area contributed by atoms with Gasteiger partial charge in [0.05, 0.1) is 19.8 Å². The van der Waals surface area contributed by atoms with Crippen LogP contribution in [0.25, 0.3) is 0 Å². The summed E-state index contributed by atoms with van der Waals surface area (Å²) in [5.41, 5.74) is 0.249. The first-order valence-electron chi connectivity index (χ1n) is 9.52. The van der Waals surface area contributed by atoms with E-state index in [1.165, 1.54) is 0 Å². The SMILES string of the molecule is COc1ccc(CN(C(=O)[C@H](C)NC(=O)OC(C)(C)C)[C@H](CO)C(C)C)cc1. The van der Waals surface area contributed by atoms with E-state index in [0.29, 0.717) is 6.54 Å². The number of hydrogen-bond acceptors (Lipinski definition) is 5. The number of benzene rings is 1. The molecule has 2 amide bonds. The van der Waals surface area contributed by atoms with Crippen molar-refractivity contribution in [3.8, 4) is 5.75 Å². The van der Waals surface area contributed by atoms with Gasteiger partial charge in [0.15, 0.2) is 0 Å². The second-order valence-corrected chi connectivity index (χ2v) is 8.18. The molecular formula is C21H34N2O5. The summed E-state index contributed by atoms with van der Waals surface area (Å²) in [6.45, 7) is 10.9. The molecule has 0 spiro atoms. The zero-order chi connectivity index (χ0) is 21.5. The summed E-state index contributed by atoms with van der Waals surface area (Å²) in [4.78, 5) is 26.7. The molecule has 7 heteroatoms. The lowest BCUT2D eigenvalue weighted by atomic mass is 10.0. The van der Waals surface area contributed by atoms with Crippen molar-refractivity contribution >= 4 is 12.0 Å². The van der Waals surface area contributed by atoms with E-state index in [1.807, 2.05) is 38.1 Å². The van der Waals surface area contributed by atoms with Gasteiger partial charge in [0.25, 0.3) is 0 Å². The predicted molar refractivity (Wildman–Crippen MR) is 108 cm³/mol. The second-order valence-electron chi connectivity index (χ2n) is 8.18. The summed E-state index contributed by atoms with van der Waals surface area (Å²) in [7, 11) is 1.59. The van der Waals surface area contributed by atoms with Crippen molar-refractivity contribution < 1.29 is 24.2 Å². The molecule has 0 aliphatic rings. The minimum Gasteiger partial charge on any atom is -0.497 e. The molecule has 0 saturated heterocycles. The number of aliphatic hydroxyl groups excluding tert-OH is 1. The van der Waals surface area contributed by atoms with Gasteiger partial charge < -0.3 is 24.8 Å². The maximum atomic E-state index is 13.1. The molecular weight excluding hydrogens is 360 g/mol. The van der Waals surface area contributed by atoms with Gasteiger partial charge in [-0.25, -0.2) is 4.79 Å². The van der Waals surface area contributed by atoms with Crippen molar-refractivity contribution in [2.45, 2.75) is 65.8 Å². The molecule has 7 nitrogen and oxygen atoms in total. The normalized spacial score (nSPS) is 13.6. The number of ether oxygens (including phenoxy) is 2. The summed E-state index contributed by atoms with van der Waals surface area (Å²) in [5, 5.41) is 12.5. The van der Waals surface area contributed by atoms with E-state index in [-0.39, 0.29) is 24.5 Å². The Hall–Kier alpha value is -2.28. The number of amides is 2. The fraction of sp³-hybridized carbons (Fsp3) is 0.619. The van der Waals surface area contributed by atoms with Gasteiger partial charge in [0.2, 0.25) is 5.91 Å². The Morgan fingerprint density at radius 2 is 1.71 bits per heavy atom. The molecule has 158 valence electrons. The molecule has 0 radical (unpaired) electrons. The smallest absolute Gasteiger partial charge is 0.408 e. The van der Waals surface area contributed by atoms with Gasteiger partial charge in [-0.1, -0.05) is 26.0 Å². The monoisotopic (exact) mass is 394 g/mol. The first kappa shape index (κ1) is 23.8. The highest BCUT2D eigenvalue weighted by Crippen LogP contribution is 2.19. The first-order chi connectivity index (χ1) is 13.0. The molecule has 2 N–H and O–H groups in total. The third-order valence-electron chi connectivity index (χ3n) is 4.26. The Labute approximate surface area is 168 Å². The van der Waals surface area contributed by atoms with Crippen LogP contribution in [0.5, 0.6) is 5.75 Å². The summed E-state index contributed by atoms with van der Waals surface area (Å²) in [5.74, 6) is 0.486. The third-order valence-corrected chi connectivity index (χ3v) is 4.26. The Morgan fingerprint density at radius 1 is 1.14 bits per heavy atom. The lowest BCUT2D eigenvalue weighted by molar-refractivity contribution is -0.138. The molecule has 0 bridgehead atoms. The lowest BCUT2D eigenvalue weighted by Gasteiger charge is -2.35. The molecule has 0 aliphatic carbocycles. The van der Waals surface area contributed by atoms with Crippen LogP contribution in [0.4, 0.5) is 4.79 Å². The highest BCUT2D eigenvalue weighted by atomic mass is 16.6. The zero-order valence-corrected chi connectivity index (χ0v) is 18.0.